The monoisotopic (exact) mass is 225 g/mol. The van der Waals surface area contributed by atoms with E-state index in [2.05, 4.69) is 0 Å². The van der Waals surface area contributed by atoms with Crippen LogP contribution in [-0.4, -0.2) is 18.8 Å². The smallest absolute Gasteiger partial charge is 0.167 e. The van der Waals surface area contributed by atoms with Crippen molar-refractivity contribution in [3.05, 3.63) is 24.0 Å². The van der Waals surface area contributed by atoms with E-state index in [-0.39, 0.29) is 18.0 Å². The number of rotatable bonds is 3. The summed E-state index contributed by atoms with van der Waals surface area (Å²) in [4.78, 5) is 0. The van der Waals surface area contributed by atoms with Gasteiger partial charge in [0.05, 0.1) is 12.2 Å². The number of benzene rings is 1. The van der Waals surface area contributed by atoms with E-state index in [4.69, 9.17) is 15.2 Å². The van der Waals surface area contributed by atoms with E-state index in [1.54, 1.807) is 12.1 Å². The SMILES string of the molecule is CC1CCC(COc2ccc(N)cc2F)O1. The first-order valence-corrected chi connectivity index (χ1v) is 5.48. The molecule has 1 aromatic carbocycles. The Balaban J connectivity index is 1.89. The highest BCUT2D eigenvalue weighted by atomic mass is 19.1. The second-order valence-corrected chi connectivity index (χ2v) is 4.15. The van der Waals surface area contributed by atoms with E-state index in [9.17, 15) is 4.39 Å². The van der Waals surface area contributed by atoms with Gasteiger partial charge in [0.2, 0.25) is 0 Å². The van der Waals surface area contributed by atoms with Crippen LogP contribution in [0.2, 0.25) is 0 Å². The fourth-order valence-electron chi connectivity index (χ4n) is 1.82. The van der Waals surface area contributed by atoms with Gasteiger partial charge in [-0.1, -0.05) is 0 Å². The Bertz CT molecular complexity index is 370. The van der Waals surface area contributed by atoms with Crippen molar-refractivity contribution in [3.8, 4) is 5.75 Å². The summed E-state index contributed by atoms with van der Waals surface area (Å²) in [5.41, 5.74) is 5.84. The van der Waals surface area contributed by atoms with Gasteiger partial charge in [0.15, 0.2) is 11.6 Å². The molecular formula is C12H16FNO2. The topological polar surface area (TPSA) is 44.5 Å². The molecule has 0 bridgehead atoms. The van der Waals surface area contributed by atoms with Crippen molar-refractivity contribution in [3.63, 3.8) is 0 Å². The summed E-state index contributed by atoms with van der Waals surface area (Å²) >= 11 is 0. The second kappa shape index (κ2) is 4.70. The number of halogens is 1. The van der Waals surface area contributed by atoms with Gasteiger partial charge in [-0.05, 0) is 31.9 Å². The van der Waals surface area contributed by atoms with Gasteiger partial charge in [-0.15, -0.1) is 0 Å². The van der Waals surface area contributed by atoms with Crippen molar-refractivity contribution in [1.82, 2.24) is 0 Å². The molecule has 1 heterocycles. The second-order valence-electron chi connectivity index (χ2n) is 4.15. The maximum absolute atomic E-state index is 13.4. The van der Waals surface area contributed by atoms with Gasteiger partial charge in [-0.3, -0.25) is 0 Å². The summed E-state index contributed by atoms with van der Waals surface area (Å²) in [6.45, 7) is 2.43. The number of anilines is 1. The highest BCUT2D eigenvalue weighted by molar-refractivity contribution is 5.42. The quantitative estimate of drug-likeness (QED) is 0.803. The average molecular weight is 225 g/mol. The summed E-state index contributed by atoms with van der Waals surface area (Å²) < 4.78 is 24.3. The molecule has 0 radical (unpaired) electrons. The van der Waals surface area contributed by atoms with Crippen LogP contribution in [0, 0.1) is 5.82 Å². The fraction of sp³-hybridized carbons (Fsp3) is 0.500. The first-order chi connectivity index (χ1) is 7.65. The largest absolute Gasteiger partial charge is 0.488 e. The molecule has 2 atom stereocenters. The Kier molecular flexibility index (Phi) is 3.29. The zero-order valence-corrected chi connectivity index (χ0v) is 9.28. The van der Waals surface area contributed by atoms with Crippen molar-refractivity contribution >= 4 is 5.69 Å². The lowest BCUT2D eigenvalue weighted by Crippen LogP contribution is -2.18. The molecule has 1 aromatic rings. The predicted molar refractivity (Wildman–Crippen MR) is 59.9 cm³/mol. The van der Waals surface area contributed by atoms with Gasteiger partial charge in [-0.2, -0.15) is 0 Å². The fourth-order valence-corrected chi connectivity index (χ4v) is 1.82. The third kappa shape index (κ3) is 2.64. The van der Waals surface area contributed by atoms with Crippen molar-refractivity contribution in [2.24, 2.45) is 0 Å². The molecule has 0 spiro atoms. The van der Waals surface area contributed by atoms with Crippen LogP contribution in [0.1, 0.15) is 19.8 Å². The van der Waals surface area contributed by atoms with E-state index in [0.717, 1.165) is 12.8 Å². The van der Waals surface area contributed by atoms with Crippen LogP contribution in [0.5, 0.6) is 5.75 Å². The molecule has 2 N–H and O–H groups in total. The Labute approximate surface area is 94.3 Å². The lowest BCUT2D eigenvalue weighted by molar-refractivity contribution is 0.0256. The Hall–Kier alpha value is -1.29. The zero-order chi connectivity index (χ0) is 11.5. The molecule has 2 unspecified atom stereocenters. The molecule has 1 aliphatic heterocycles. The van der Waals surface area contributed by atoms with Crippen LogP contribution in [0.4, 0.5) is 10.1 Å². The molecule has 1 fully saturated rings. The molecular weight excluding hydrogens is 209 g/mol. The molecule has 0 amide bonds. The van der Waals surface area contributed by atoms with Gasteiger partial charge in [0.25, 0.3) is 0 Å². The predicted octanol–water partition coefficient (Wildman–Crippen LogP) is 2.35. The lowest BCUT2D eigenvalue weighted by atomic mass is 10.2. The number of ether oxygens (including phenoxy) is 2. The van der Waals surface area contributed by atoms with Crippen molar-refractivity contribution in [1.29, 1.82) is 0 Å². The summed E-state index contributed by atoms with van der Waals surface area (Å²) in [5, 5.41) is 0. The molecule has 4 heteroatoms. The van der Waals surface area contributed by atoms with Crippen molar-refractivity contribution in [2.75, 3.05) is 12.3 Å². The molecule has 0 aromatic heterocycles. The normalized spacial score (nSPS) is 24.6. The minimum Gasteiger partial charge on any atom is -0.488 e. The lowest BCUT2D eigenvalue weighted by Gasteiger charge is -2.13. The minimum absolute atomic E-state index is 0.0759. The van der Waals surface area contributed by atoms with Crippen LogP contribution in [0.25, 0.3) is 0 Å². The van der Waals surface area contributed by atoms with Gasteiger partial charge >= 0.3 is 0 Å². The molecule has 1 aliphatic rings. The number of nitrogen functional groups attached to an aromatic ring is 1. The van der Waals surface area contributed by atoms with Gasteiger partial charge in [0.1, 0.15) is 6.61 Å². The minimum atomic E-state index is -0.425. The van der Waals surface area contributed by atoms with Gasteiger partial charge < -0.3 is 15.2 Å². The van der Waals surface area contributed by atoms with E-state index >= 15 is 0 Å². The highest BCUT2D eigenvalue weighted by Gasteiger charge is 2.22. The maximum Gasteiger partial charge on any atom is 0.167 e. The zero-order valence-electron chi connectivity index (χ0n) is 9.28. The molecule has 3 nitrogen and oxygen atoms in total. The van der Waals surface area contributed by atoms with Crippen LogP contribution < -0.4 is 10.5 Å². The highest BCUT2D eigenvalue weighted by Crippen LogP contribution is 2.23. The van der Waals surface area contributed by atoms with Crippen molar-refractivity contribution < 1.29 is 13.9 Å². The first kappa shape index (κ1) is 11.2. The third-order valence-corrected chi connectivity index (χ3v) is 2.70. The Morgan fingerprint density at radius 2 is 2.31 bits per heavy atom. The van der Waals surface area contributed by atoms with Gasteiger partial charge in [0, 0.05) is 11.8 Å². The number of nitrogens with two attached hydrogens (primary N) is 1. The van der Waals surface area contributed by atoms with Crippen LogP contribution in [0.3, 0.4) is 0 Å². The number of hydrogen-bond acceptors (Lipinski definition) is 3. The average Bonchev–Trinajstić information content (AvgIpc) is 2.63. The van der Waals surface area contributed by atoms with E-state index in [1.807, 2.05) is 6.92 Å². The van der Waals surface area contributed by atoms with Crippen LogP contribution >= 0.6 is 0 Å². The molecule has 0 aliphatic carbocycles. The summed E-state index contributed by atoms with van der Waals surface area (Å²) in [6.07, 6.45) is 2.37. The first-order valence-electron chi connectivity index (χ1n) is 5.48. The van der Waals surface area contributed by atoms with Crippen molar-refractivity contribution in [2.45, 2.75) is 32.0 Å². The van der Waals surface area contributed by atoms with Crippen LogP contribution in [0.15, 0.2) is 18.2 Å². The summed E-state index contributed by atoms with van der Waals surface area (Å²) in [7, 11) is 0. The molecule has 88 valence electrons. The third-order valence-electron chi connectivity index (χ3n) is 2.70. The van der Waals surface area contributed by atoms with E-state index in [0.29, 0.717) is 12.3 Å². The molecule has 1 saturated heterocycles. The Morgan fingerprint density at radius 1 is 1.50 bits per heavy atom. The summed E-state index contributed by atoms with van der Waals surface area (Å²) in [5.74, 6) is -0.191. The summed E-state index contributed by atoms with van der Waals surface area (Å²) in [6, 6.07) is 4.42. The molecule has 2 rings (SSSR count). The van der Waals surface area contributed by atoms with E-state index in [1.165, 1.54) is 6.07 Å². The maximum atomic E-state index is 13.4. The van der Waals surface area contributed by atoms with E-state index < -0.39 is 5.82 Å². The molecule has 16 heavy (non-hydrogen) atoms. The van der Waals surface area contributed by atoms with Gasteiger partial charge in [-0.25, -0.2) is 4.39 Å². The standard InChI is InChI=1S/C12H16FNO2/c1-8-2-4-10(16-8)7-15-12-5-3-9(14)6-11(12)13/h3,5-6,8,10H,2,4,7,14H2,1H3. The molecule has 0 saturated carbocycles. The number of hydrogen-bond donors (Lipinski definition) is 1. The Morgan fingerprint density at radius 3 is 2.94 bits per heavy atom. The van der Waals surface area contributed by atoms with Crippen LogP contribution in [-0.2, 0) is 4.74 Å².